The largest absolute Gasteiger partial charge is 0.488 e. The molecule has 1 aromatic heterocycles. The molecule has 23 heavy (non-hydrogen) atoms. The molecule has 0 fully saturated rings. The van der Waals surface area contributed by atoms with Crippen LogP contribution in [0.5, 0.6) is 5.75 Å². The molecule has 114 valence electrons. The van der Waals surface area contributed by atoms with Gasteiger partial charge in [0.25, 0.3) is 0 Å². The Balaban J connectivity index is 1.68. The number of hydrogen-bond acceptors (Lipinski definition) is 5. The molecule has 0 atom stereocenters. The van der Waals surface area contributed by atoms with Gasteiger partial charge in [0, 0.05) is 21.8 Å². The molecule has 2 N–H and O–H groups in total. The van der Waals surface area contributed by atoms with E-state index in [0.29, 0.717) is 29.1 Å². The summed E-state index contributed by atoms with van der Waals surface area (Å²) in [7, 11) is 0. The first-order valence-electron chi connectivity index (χ1n) is 7.02. The molecule has 0 saturated carbocycles. The average molecular weight is 326 g/mol. The van der Waals surface area contributed by atoms with Crippen molar-refractivity contribution >= 4 is 28.9 Å². The van der Waals surface area contributed by atoms with Crippen molar-refractivity contribution in [2.24, 2.45) is 0 Å². The van der Waals surface area contributed by atoms with Crippen LogP contribution in [0.2, 0.25) is 5.02 Å². The first kappa shape index (κ1) is 13.8. The highest BCUT2D eigenvalue weighted by molar-refractivity contribution is 6.30. The van der Waals surface area contributed by atoms with E-state index in [9.17, 15) is 0 Å². The summed E-state index contributed by atoms with van der Waals surface area (Å²) in [5.74, 6) is 1.66. The molecule has 0 spiro atoms. The van der Waals surface area contributed by atoms with Gasteiger partial charge in [0.2, 0.25) is 11.8 Å². The van der Waals surface area contributed by atoms with Crippen molar-refractivity contribution in [1.29, 1.82) is 0 Å². The Kier molecular flexibility index (Phi) is 3.28. The number of anilines is 1. The highest BCUT2D eigenvalue weighted by Gasteiger charge is 2.18. The molecule has 0 amide bonds. The number of nitrogen functional groups attached to an aromatic ring is 1. The molecule has 3 aromatic rings. The highest BCUT2D eigenvalue weighted by atomic mass is 35.5. The van der Waals surface area contributed by atoms with E-state index >= 15 is 0 Å². The Bertz CT molecular complexity index is 900. The third-order valence-electron chi connectivity index (χ3n) is 3.54. The van der Waals surface area contributed by atoms with E-state index < -0.39 is 0 Å². The molecular weight excluding hydrogens is 314 g/mol. The molecule has 0 bridgehead atoms. The molecule has 2 aromatic carbocycles. The molecule has 4 rings (SSSR count). The van der Waals surface area contributed by atoms with Crippen LogP contribution in [0.25, 0.3) is 23.1 Å². The van der Waals surface area contributed by atoms with Crippen LogP contribution in [-0.4, -0.2) is 16.8 Å². The van der Waals surface area contributed by atoms with Crippen molar-refractivity contribution < 1.29 is 9.15 Å². The summed E-state index contributed by atoms with van der Waals surface area (Å²) in [6.45, 7) is 0.373. The van der Waals surface area contributed by atoms with Gasteiger partial charge in [-0.1, -0.05) is 11.6 Å². The van der Waals surface area contributed by atoms with E-state index in [1.165, 1.54) is 0 Å². The fraction of sp³-hybridized carbons (Fsp3) is 0.0588. The lowest BCUT2D eigenvalue weighted by atomic mass is 10.1. The third-order valence-corrected chi connectivity index (χ3v) is 3.78. The van der Waals surface area contributed by atoms with E-state index in [-0.39, 0.29) is 0 Å². The summed E-state index contributed by atoms with van der Waals surface area (Å²) < 4.78 is 11.5. The molecule has 6 heteroatoms. The van der Waals surface area contributed by atoms with Gasteiger partial charge in [-0.2, -0.15) is 0 Å². The summed E-state index contributed by atoms with van der Waals surface area (Å²) in [5.41, 5.74) is 8.89. The minimum Gasteiger partial charge on any atom is -0.488 e. The fourth-order valence-electron chi connectivity index (χ4n) is 2.37. The summed E-state index contributed by atoms with van der Waals surface area (Å²) in [6, 6.07) is 12.7. The lowest BCUT2D eigenvalue weighted by molar-refractivity contribution is 0.361. The maximum Gasteiger partial charge on any atom is 0.248 e. The van der Waals surface area contributed by atoms with E-state index in [2.05, 4.69) is 10.2 Å². The Morgan fingerprint density at radius 3 is 2.61 bits per heavy atom. The number of rotatable bonds is 2. The number of fused-ring (bicyclic) bond motifs is 1. The van der Waals surface area contributed by atoms with Crippen LogP contribution in [0.4, 0.5) is 5.69 Å². The van der Waals surface area contributed by atoms with Crippen LogP contribution in [0.15, 0.2) is 46.9 Å². The predicted molar refractivity (Wildman–Crippen MR) is 89.0 cm³/mol. The maximum atomic E-state index is 6.02. The van der Waals surface area contributed by atoms with Gasteiger partial charge in [0.05, 0.1) is 5.57 Å². The second-order valence-corrected chi connectivity index (χ2v) is 5.61. The number of nitrogens with zero attached hydrogens (tertiary/aromatic N) is 2. The molecule has 0 radical (unpaired) electrons. The van der Waals surface area contributed by atoms with Gasteiger partial charge in [-0.3, -0.25) is 0 Å². The van der Waals surface area contributed by atoms with Gasteiger partial charge in [0.15, 0.2) is 0 Å². The number of aromatic nitrogens is 2. The summed E-state index contributed by atoms with van der Waals surface area (Å²) in [4.78, 5) is 0. The van der Waals surface area contributed by atoms with E-state index in [0.717, 1.165) is 22.4 Å². The minimum atomic E-state index is 0.373. The van der Waals surface area contributed by atoms with Crippen molar-refractivity contribution in [2.75, 3.05) is 12.3 Å². The molecule has 0 saturated heterocycles. The van der Waals surface area contributed by atoms with Crippen LogP contribution < -0.4 is 10.5 Å². The van der Waals surface area contributed by atoms with Gasteiger partial charge < -0.3 is 14.9 Å². The number of halogens is 1. The van der Waals surface area contributed by atoms with Crippen molar-refractivity contribution in [3.63, 3.8) is 0 Å². The fourth-order valence-corrected chi connectivity index (χ4v) is 2.55. The maximum absolute atomic E-state index is 6.02. The molecule has 1 aliphatic rings. The summed E-state index contributed by atoms with van der Waals surface area (Å²) in [6.07, 6.45) is 1.95. The van der Waals surface area contributed by atoms with Crippen LogP contribution in [0.1, 0.15) is 11.5 Å². The monoisotopic (exact) mass is 325 g/mol. The van der Waals surface area contributed by atoms with Gasteiger partial charge in [-0.15, -0.1) is 10.2 Å². The van der Waals surface area contributed by atoms with Gasteiger partial charge in [-0.05, 0) is 48.5 Å². The second-order valence-electron chi connectivity index (χ2n) is 5.17. The molecule has 5 nitrogen and oxygen atoms in total. The van der Waals surface area contributed by atoms with Crippen molar-refractivity contribution in [3.8, 4) is 17.2 Å². The molecular formula is C17H12ClN3O2. The highest BCUT2D eigenvalue weighted by Crippen LogP contribution is 2.32. The Morgan fingerprint density at radius 1 is 1.00 bits per heavy atom. The Labute approximate surface area is 137 Å². The van der Waals surface area contributed by atoms with Crippen molar-refractivity contribution in [2.45, 2.75) is 0 Å². The van der Waals surface area contributed by atoms with E-state index in [4.69, 9.17) is 26.5 Å². The number of ether oxygens (including phenoxy) is 1. The molecule has 2 heterocycles. The second kappa shape index (κ2) is 5.44. The topological polar surface area (TPSA) is 74.2 Å². The van der Waals surface area contributed by atoms with Gasteiger partial charge in [0.1, 0.15) is 12.4 Å². The molecule has 1 aliphatic heterocycles. The standard InChI is InChI=1S/C17H12ClN3O2/c18-13-3-6-15-11(8-13)7-12(9-22-15)17-21-20-16(23-17)10-1-4-14(19)5-2-10/h1-8H,9,19H2. The zero-order valence-corrected chi connectivity index (χ0v) is 12.7. The van der Waals surface area contributed by atoms with Gasteiger partial charge in [-0.25, -0.2) is 0 Å². The van der Waals surface area contributed by atoms with Crippen LogP contribution in [-0.2, 0) is 0 Å². The Morgan fingerprint density at radius 2 is 1.78 bits per heavy atom. The van der Waals surface area contributed by atoms with E-state index in [1.54, 1.807) is 18.2 Å². The lowest BCUT2D eigenvalue weighted by Gasteiger charge is -2.15. The third kappa shape index (κ3) is 2.66. The zero-order chi connectivity index (χ0) is 15.8. The summed E-state index contributed by atoms with van der Waals surface area (Å²) in [5, 5.41) is 8.84. The first-order chi connectivity index (χ1) is 11.2. The SMILES string of the molecule is Nc1ccc(-c2nnc(C3=Cc4cc(Cl)ccc4OC3)o2)cc1. The van der Waals surface area contributed by atoms with Crippen LogP contribution >= 0.6 is 11.6 Å². The minimum absolute atomic E-state index is 0.373. The van der Waals surface area contributed by atoms with Crippen LogP contribution in [0.3, 0.4) is 0 Å². The lowest BCUT2D eigenvalue weighted by Crippen LogP contribution is -2.06. The average Bonchev–Trinajstić information content (AvgIpc) is 3.05. The quantitative estimate of drug-likeness (QED) is 0.723. The predicted octanol–water partition coefficient (Wildman–Crippen LogP) is 3.91. The Hall–Kier alpha value is -2.79. The molecule has 0 unspecified atom stereocenters. The van der Waals surface area contributed by atoms with Crippen molar-refractivity contribution in [1.82, 2.24) is 10.2 Å². The number of benzene rings is 2. The number of nitrogens with two attached hydrogens (primary N) is 1. The normalized spacial score (nSPS) is 13.2. The zero-order valence-electron chi connectivity index (χ0n) is 12.0. The molecule has 0 aliphatic carbocycles. The first-order valence-corrected chi connectivity index (χ1v) is 7.39. The smallest absolute Gasteiger partial charge is 0.248 e. The van der Waals surface area contributed by atoms with Gasteiger partial charge >= 0.3 is 0 Å². The summed E-state index contributed by atoms with van der Waals surface area (Å²) >= 11 is 6.02. The van der Waals surface area contributed by atoms with Crippen molar-refractivity contribution in [3.05, 3.63) is 58.9 Å². The van der Waals surface area contributed by atoms with Crippen LogP contribution in [0, 0.1) is 0 Å². The van der Waals surface area contributed by atoms with E-state index in [1.807, 2.05) is 30.3 Å². The number of hydrogen-bond donors (Lipinski definition) is 1.